The number of rotatable bonds is 3. The Morgan fingerprint density at radius 3 is 3.10 bits per heavy atom. The van der Waals surface area contributed by atoms with Gasteiger partial charge in [0.2, 0.25) is 5.95 Å². The maximum atomic E-state index is 11.7. The first-order valence-corrected chi connectivity index (χ1v) is 6.95. The van der Waals surface area contributed by atoms with Gasteiger partial charge in [-0.05, 0) is 13.0 Å². The molecule has 1 aromatic rings. The summed E-state index contributed by atoms with van der Waals surface area (Å²) in [6.45, 7) is 4.47. The van der Waals surface area contributed by atoms with E-state index in [1.165, 1.54) is 7.11 Å². The number of carbonyl (C=O) groups excluding carboxylic acids is 1. The topological polar surface area (TPSA) is 84.8 Å². The fraction of sp³-hybridized carbons (Fsp3) is 0.643. The van der Waals surface area contributed by atoms with E-state index in [0.29, 0.717) is 31.4 Å². The molecule has 7 nitrogen and oxygen atoms in total. The number of hydrogen-bond donors (Lipinski definition) is 1. The van der Waals surface area contributed by atoms with E-state index >= 15 is 0 Å². The molecule has 3 rings (SSSR count). The van der Waals surface area contributed by atoms with Crippen LogP contribution in [0.1, 0.15) is 16.2 Å². The van der Waals surface area contributed by atoms with Crippen LogP contribution in [0.3, 0.4) is 0 Å². The molecule has 3 heterocycles. The fourth-order valence-corrected chi connectivity index (χ4v) is 3.11. The number of aliphatic hydroxyl groups is 1. The lowest BCUT2D eigenvalue weighted by molar-refractivity contribution is 0.0593. The van der Waals surface area contributed by atoms with Crippen LogP contribution in [0.25, 0.3) is 0 Å². The summed E-state index contributed by atoms with van der Waals surface area (Å²) < 4.78 is 10.2. The molecule has 0 aromatic carbocycles. The number of aliphatic hydroxyl groups excluding tert-OH is 1. The zero-order valence-electron chi connectivity index (χ0n) is 12.2. The summed E-state index contributed by atoms with van der Waals surface area (Å²) in [4.78, 5) is 22.4. The van der Waals surface area contributed by atoms with Crippen LogP contribution in [0.4, 0.5) is 5.95 Å². The molecule has 7 heteroatoms. The Bertz CT molecular complexity index is 565. The minimum atomic E-state index is -0.471. The summed E-state index contributed by atoms with van der Waals surface area (Å²) in [5.74, 6) is 0.312. The van der Waals surface area contributed by atoms with E-state index in [2.05, 4.69) is 9.97 Å². The zero-order chi connectivity index (χ0) is 15.0. The molecule has 0 amide bonds. The minimum Gasteiger partial charge on any atom is -0.464 e. The molecule has 1 N–H and O–H groups in total. The maximum Gasteiger partial charge on any atom is 0.356 e. The van der Waals surface area contributed by atoms with E-state index < -0.39 is 5.97 Å². The first-order chi connectivity index (χ1) is 10.1. The molecule has 0 radical (unpaired) electrons. The van der Waals surface area contributed by atoms with Gasteiger partial charge in [0.25, 0.3) is 0 Å². The average molecular weight is 293 g/mol. The third-order valence-corrected chi connectivity index (χ3v) is 4.36. The van der Waals surface area contributed by atoms with Gasteiger partial charge in [0.15, 0.2) is 5.69 Å². The van der Waals surface area contributed by atoms with Crippen LogP contribution < -0.4 is 4.90 Å². The predicted octanol–water partition coefficient (Wildman–Crippen LogP) is 0.0167. The summed E-state index contributed by atoms with van der Waals surface area (Å²) >= 11 is 0. The fourth-order valence-electron chi connectivity index (χ4n) is 3.11. The van der Waals surface area contributed by atoms with Gasteiger partial charge in [-0.25, -0.2) is 14.8 Å². The maximum absolute atomic E-state index is 11.7. The molecule has 0 spiro atoms. The van der Waals surface area contributed by atoms with E-state index in [0.717, 1.165) is 6.54 Å². The molecule has 2 aliphatic rings. The first kappa shape index (κ1) is 14.2. The Balaban J connectivity index is 1.88. The van der Waals surface area contributed by atoms with Gasteiger partial charge in [0.05, 0.1) is 26.9 Å². The van der Waals surface area contributed by atoms with E-state index in [1.807, 2.05) is 11.8 Å². The molecule has 2 fully saturated rings. The number of hydrogen-bond acceptors (Lipinski definition) is 7. The van der Waals surface area contributed by atoms with Crippen molar-refractivity contribution in [2.45, 2.75) is 6.92 Å². The van der Waals surface area contributed by atoms with Gasteiger partial charge < -0.3 is 19.5 Å². The average Bonchev–Trinajstić information content (AvgIpc) is 3.02. The van der Waals surface area contributed by atoms with Crippen LogP contribution in [0.5, 0.6) is 0 Å². The quantitative estimate of drug-likeness (QED) is 0.786. The van der Waals surface area contributed by atoms with Crippen molar-refractivity contribution in [3.63, 3.8) is 0 Å². The molecule has 0 aliphatic carbocycles. The van der Waals surface area contributed by atoms with Gasteiger partial charge in [-0.3, -0.25) is 0 Å². The largest absolute Gasteiger partial charge is 0.464 e. The second-order valence-electron chi connectivity index (χ2n) is 5.80. The van der Waals surface area contributed by atoms with Crippen LogP contribution in [-0.2, 0) is 9.47 Å². The molecule has 2 aliphatic heterocycles. The lowest BCUT2D eigenvalue weighted by atomic mass is 9.82. The number of esters is 1. The van der Waals surface area contributed by atoms with E-state index in [-0.39, 0.29) is 23.6 Å². The van der Waals surface area contributed by atoms with Gasteiger partial charge in [-0.1, -0.05) is 0 Å². The number of nitrogens with zero attached hydrogens (tertiary/aromatic N) is 3. The third kappa shape index (κ3) is 2.36. The number of aromatic nitrogens is 2. The summed E-state index contributed by atoms with van der Waals surface area (Å²) in [5.41, 5.74) is 0.733. The number of fused-ring (bicyclic) bond motifs is 1. The normalized spacial score (nSPS) is 27.8. The van der Waals surface area contributed by atoms with Crippen LogP contribution in [-0.4, -0.2) is 61.1 Å². The second kappa shape index (κ2) is 5.23. The summed E-state index contributed by atoms with van der Waals surface area (Å²) in [6, 6.07) is 1.61. The van der Waals surface area contributed by atoms with Crippen LogP contribution in [0.2, 0.25) is 0 Å². The zero-order valence-corrected chi connectivity index (χ0v) is 12.2. The monoisotopic (exact) mass is 293 g/mol. The first-order valence-electron chi connectivity index (χ1n) is 6.95. The van der Waals surface area contributed by atoms with Gasteiger partial charge in [-0.15, -0.1) is 0 Å². The summed E-state index contributed by atoms with van der Waals surface area (Å²) in [5, 5.41) is 9.71. The summed E-state index contributed by atoms with van der Waals surface area (Å²) in [7, 11) is 1.33. The summed E-state index contributed by atoms with van der Waals surface area (Å²) in [6.07, 6.45) is 0. The SMILES string of the molecule is COC(=O)c1cc(C)nc(N2C[C@H]3COC[C@@]3(CO)C2)n1. The number of carbonyl (C=O) groups is 1. The van der Waals surface area contributed by atoms with Gasteiger partial charge in [0.1, 0.15) is 0 Å². The van der Waals surface area contributed by atoms with Crippen molar-refractivity contribution in [3.05, 3.63) is 17.5 Å². The molecule has 2 saturated heterocycles. The molecule has 1 aromatic heterocycles. The molecular formula is C14H19N3O4. The number of anilines is 1. The number of aryl methyl sites for hydroxylation is 1. The van der Waals surface area contributed by atoms with Crippen molar-refractivity contribution in [2.24, 2.45) is 11.3 Å². The highest BCUT2D eigenvalue weighted by Gasteiger charge is 2.51. The third-order valence-electron chi connectivity index (χ3n) is 4.36. The van der Waals surface area contributed by atoms with Crippen LogP contribution in [0.15, 0.2) is 6.07 Å². The van der Waals surface area contributed by atoms with E-state index in [4.69, 9.17) is 9.47 Å². The Labute approximate surface area is 122 Å². The van der Waals surface area contributed by atoms with Crippen molar-refractivity contribution < 1.29 is 19.4 Å². The Kier molecular flexibility index (Phi) is 3.54. The van der Waals surface area contributed by atoms with Crippen molar-refractivity contribution in [1.82, 2.24) is 9.97 Å². The highest BCUT2D eigenvalue weighted by molar-refractivity contribution is 5.87. The van der Waals surface area contributed by atoms with Crippen LogP contribution >= 0.6 is 0 Å². The van der Waals surface area contributed by atoms with E-state index in [1.54, 1.807) is 6.07 Å². The van der Waals surface area contributed by atoms with Crippen molar-refractivity contribution in [3.8, 4) is 0 Å². The van der Waals surface area contributed by atoms with Crippen molar-refractivity contribution in [2.75, 3.05) is 44.9 Å². The highest BCUT2D eigenvalue weighted by Crippen LogP contribution is 2.41. The Hall–Kier alpha value is -1.73. The Morgan fingerprint density at radius 2 is 2.43 bits per heavy atom. The van der Waals surface area contributed by atoms with Crippen molar-refractivity contribution in [1.29, 1.82) is 0 Å². The molecule has 2 atom stereocenters. The smallest absolute Gasteiger partial charge is 0.356 e. The molecule has 0 unspecified atom stereocenters. The van der Waals surface area contributed by atoms with Gasteiger partial charge in [-0.2, -0.15) is 0 Å². The Morgan fingerprint density at radius 1 is 1.62 bits per heavy atom. The van der Waals surface area contributed by atoms with E-state index in [9.17, 15) is 9.90 Å². The second-order valence-corrected chi connectivity index (χ2v) is 5.80. The van der Waals surface area contributed by atoms with Gasteiger partial charge in [0, 0.05) is 30.1 Å². The van der Waals surface area contributed by atoms with Crippen molar-refractivity contribution >= 4 is 11.9 Å². The molecule has 0 bridgehead atoms. The lowest BCUT2D eigenvalue weighted by Crippen LogP contribution is -2.35. The highest BCUT2D eigenvalue weighted by atomic mass is 16.5. The predicted molar refractivity (Wildman–Crippen MR) is 74.1 cm³/mol. The molecule has 21 heavy (non-hydrogen) atoms. The molecular weight excluding hydrogens is 274 g/mol. The molecule has 0 saturated carbocycles. The standard InChI is InChI=1S/C14H19N3O4/c1-9-3-11(12(19)20-2)16-13(15-9)17-4-10-5-21-8-14(10,6-17)7-18/h3,10,18H,4-8H2,1-2H3/t10-,14-/m0/s1. The molecule has 114 valence electrons. The van der Waals surface area contributed by atoms with Crippen LogP contribution in [0, 0.1) is 18.3 Å². The number of ether oxygens (including phenoxy) is 2. The number of methoxy groups -OCH3 is 1. The minimum absolute atomic E-state index is 0.0871. The van der Waals surface area contributed by atoms with Gasteiger partial charge >= 0.3 is 5.97 Å². The lowest BCUT2D eigenvalue weighted by Gasteiger charge is -2.24.